The van der Waals surface area contributed by atoms with Gasteiger partial charge >= 0.3 is 0 Å². The molecule has 0 saturated carbocycles. The molecule has 1 aromatic carbocycles. The molecule has 1 fully saturated rings. The molecule has 6 nitrogen and oxygen atoms in total. The van der Waals surface area contributed by atoms with E-state index in [1.807, 2.05) is 25.1 Å². The number of halogens is 2. The monoisotopic (exact) mass is 493 g/mol. The maximum absolute atomic E-state index is 13.4. The number of ether oxygens (including phenoxy) is 1. The minimum absolute atomic E-state index is 0.000728. The molecule has 0 bridgehead atoms. The van der Waals surface area contributed by atoms with Crippen molar-refractivity contribution in [2.75, 3.05) is 19.6 Å². The van der Waals surface area contributed by atoms with Gasteiger partial charge in [-0.3, -0.25) is 9.88 Å². The van der Waals surface area contributed by atoms with Crippen LogP contribution in [0.25, 0.3) is 10.6 Å². The zero-order valence-electron chi connectivity index (χ0n) is 18.1. The van der Waals surface area contributed by atoms with Gasteiger partial charge in [-0.2, -0.15) is 0 Å². The van der Waals surface area contributed by atoms with Crippen LogP contribution in [0.5, 0.6) is 5.75 Å². The first-order chi connectivity index (χ1) is 15.8. The molecule has 33 heavy (non-hydrogen) atoms. The number of hydrogen-bond donors (Lipinski definition) is 1. The van der Waals surface area contributed by atoms with E-state index in [1.165, 1.54) is 17.4 Å². The summed E-state index contributed by atoms with van der Waals surface area (Å²) in [5, 5.41) is 0. The van der Waals surface area contributed by atoms with Crippen molar-refractivity contribution in [1.29, 1.82) is 0 Å². The van der Waals surface area contributed by atoms with Crippen LogP contribution in [0.1, 0.15) is 19.8 Å². The summed E-state index contributed by atoms with van der Waals surface area (Å²) >= 11 is 1.19. The van der Waals surface area contributed by atoms with Crippen LogP contribution < -0.4 is 9.46 Å². The van der Waals surface area contributed by atoms with E-state index < -0.39 is 21.7 Å². The van der Waals surface area contributed by atoms with Gasteiger partial charge in [0.15, 0.2) is 11.6 Å². The summed E-state index contributed by atoms with van der Waals surface area (Å²) in [6.07, 6.45) is 3.02. The number of rotatable bonds is 8. The highest BCUT2D eigenvalue weighted by atomic mass is 32.2. The second-order valence-electron chi connectivity index (χ2n) is 7.96. The van der Waals surface area contributed by atoms with Gasteiger partial charge in [0.05, 0.1) is 10.6 Å². The van der Waals surface area contributed by atoms with Crippen LogP contribution in [0.15, 0.2) is 58.9 Å². The fourth-order valence-electron chi connectivity index (χ4n) is 3.72. The van der Waals surface area contributed by atoms with Crippen molar-refractivity contribution in [3.8, 4) is 16.3 Å². The maximum Gasteiger partial charge on any atom is 0.250 e. The number of nitrogens with zero attached hydrogens (tertiary/aromatic N) is 2. The molecule has 2 aromatic heterocycles. The average molecular weight is 494 g/mol. The lowest BCUT2D eigenvalue weighted by atomic mass is 10.1. The fourth-order valence-corrected chi connectivity index (χ4v) is 6.17. The molecular formula is C23H25F2N3O3S2. The number of thiophene rings is 1. The van der Waals surface area contributed by atoms with E-state index in [0.717, 1.165) is 35.8 Å². The molecule has 0 radical (unpaired) electrons. The Bertz CT molecular complexity index is 1180. The van der Waals surface area contributed by atoms with Crippen LogP contribution in [0.3, 0.4) is 0 Å². The molecule has 0 amide bonds. The van der Waals surface area contributed by atoms with Crippen LogP contribution >= 0.6 is 11.3 Å². The average Bonchev–Trinajstić information content (AvgIpc) is 3.33. The highest BCUT2D eigenvalue weighted by Gasteiger charge is 2.26. The molecule has 1 saturated heterocycles. The molecule has 1 N–H and O–H groups in total. The van der Waals surface area contributed by atoms with Crippen molar-refractivity contribution in [3.63, 3.8) is 0 Å². The van der Waals surface area contributed by atoms with Crippen LogP contribution in [0.2, 0.25) is 0 Å². The summed E-state index contributed by atoms with van der Waals surface area (Å²) in [6.45, 7) is 3.71. The van der Waals surface area contributed by atoms with Gasteiger partial charge in [-0.15, -0.1) is 11.3 Å². The summed E-state index contributed by atoms with van der Waals surface area (Å²) < 4.78 is 60.7. The van der Waals surface area contributed by atoms with E-state index in [4.69, 9.17) is 4.74 Å². The summed E-state index contributed by atoms with van der Waals surface area (Å²) in [6, 6.07) is 12.4. The number of piperidine rings is 1. The van der Waals surface area contributed by atoms with Crippen molar-refractivity contribution in [2.24, 2.45) is 0 Å². The Hall–Kier alpha value is -2.40. The lowest BCUT2D eigenvalue weighted by Gasteiger charge is -2.36. The van der Waals surface area contributed by atoms with Gasteiger partial charge in [0, 0.05) is 37.9 Å². The lowest BCUT2D eigenvalue weighted by Crippen LogP contribution is -2.47. The van der Waals surface area contributed by atoms with Gasteiger partial charge in [0.1, 0.15) is 16.1 Å². The molecule has 3 aromatic rings. The topological polar surface area (TPSA) is 71.5 Å². The minimum Gasteiger partial charge on any atom is -0.490 e. The molecule has 1 unspecified atom stereocenters. The molecule has 10 heteroatoms. The summed E-state index contributed by atoms with van der Waals surface area (Å²) in [5.74, 6) is -1.51. The molecule has 176 valence electrons. The van der Waals surface area contributed by atoms with Crippen LogP contribution in [-0.2, 0) is 10.0 Å². The Morgan fingerprint density at radius 2 is 1.94 bits per heavy atom. The van der Waals surface area contributed by atoms with E-state index in [1.54, 1.807) is 18.3 Å². The van der Waals surface area contributed by atoms with Crippen molar-refractivity contribution in [3.05, 3.63) is 66.4 Å². The molecular weight excluding hydrogens is 468 g/mol. The fraction of sp³-hybridized carbons (Fsp3) is 0.348. The predicted molar refractivity (Wildman–Crippen MR) is 124 cm³/mol. The van der Waals surface area contributed by atoms with E-state index in [0.29, 0.717) is 18.6 Å². The first-order valence-electron chi connectivity index (χ1n) is 10.7. The second-order valence-corrected chi connectivity index (χ2v) is 11.0. The maximum atomic E-state index is 13.4. The van der Waals surface area contributed by atoms with Crippen LogP contribution in [0, 0.1) is 11.6 Å². The Kier molecular flexibility index (Phi) is 7.38. The van der Waals surface area contributed by atoms with E-state index in [-0.39, 0.29) is 22.9 Å². The SMILES string of the molecule is CC(CNS(=O)(=O)c1ccc(-c2ccccn2)s1)N1CCC(Oc2ccc(F)c(F)c2)CC1. The Morgan fingerprint density at radius 3 is 2.64 bits per heavy atom. The summed E-state index contributed by atoms with van der Waals surface area (Å²) in [4.78, 5) is 7.26. The Labute approximate surface area is 196 Å². The molecule has 1 aliphatic heterocycles. The quantitative estimate of drug-likeness (QED) is 0.507. The number of aromatic nitrogens is 1. The molecule has 0 aliphatic carbocycles. The minimum atomic E-state index is -3.62. The van der Waals surface area contributed by atoms with Gasteiger partial charge in [0.2, 0.25) is 10.0 Å². The molecule has 4 rings (SSSR count). The summed E-state index contributed by atoms with van der Waals surface area (Å²) in [7, 11) is -3.62. The predicted octanol–water partition coefficient (Wildman–Crippen LogP) is 4.30. The first-order valence-corrected chi connectivity index (χ1v) is 13.0. The van der Waals surface area contributed by atoms with Gasteiger partial charge in [0.25, 0.3) is 0 Å². The van der Waals surface area contributed by atoms with Gasteiger partial charge in [-0.1, -0.05) is 6.07 Å². The van der Waals surface area contributed by atoms with E-state index >= 15 is 0 Å². The number of sulfonamides is 1. The second kappa shape index (κ2) is 10.3. The molecule has 1 atom stereocenters. The van der Waals surface area contributed by atoms with Crippen LogP contribution in [0.4, 0.5) is 8.78 Å². The largest absolute Gasteiger partial charge is 0.490 e. The van der Waals surface area contributed by atoms with Gasteiger partial charge in [-0.05, 0) is 56.2 Å². The third-order valence-electron chi connectivity index (χ3n) is 5.63. The van der Waals surface area contributed by atoms with Crippen molar-refractivity contribution in [2.45, 2.75) is 36.1 Å². The van der Waals surface area contributed by atoms with Crippen molar-refractivity contribution >= 4 is 21.4 Å². The normalized spacial score (nSPS) is 16.6. The first kappa shape index (κ1) is 23.7. The summed E-state index contributed by atoms with van der Waals surface area (Å²) in [5.41, 5.74) is 0.741. The van der Waals surface area contributed by atoms with E-state index in [9.17, 15) is 17.2 Å². The van der Waals surface area contributed by atoms with Crippen LogP contribution in [-0.4, -0.2) is 50.1 Å². The molecule has 1 aliphatic rings. The standard InChI is InChI=1S/C23H25F2N3O3S2/c1-16(28-12-9-17(10-13-28)31-18-5-6-19(24)20(25)14-18)15-27-33(29,30)23-8-7-22(32-23)21-4-2-3-11-26-21/h2-8,11,14,16-17,27H,9-10,12-13,15H2,1H3. The number of likely N-dealkylation sites (tertiary alicyclic amines) is 1. The van der Waals surface area contributed by atoms with E-state index in [2.05, 4.69) is 14.6 Å². The van der Waals surface area contributed by atoms with Gasteiger partial charge < -0.3 is 4.74 Å². The number of nitrogens with one attached hydrogen (secondary N) is 1. The van der Waals surface area contributed by atoms with Crippen molar-refractivity contribution < 1.29 is 21.9 Å². The third kappa shape index (κ3) is 5.94. The van der Waals surface area contributed by atoms with Gasteiger partial charge in [-0.25, -0.2) is 21.9 Å². The number of benzene rings is 1. The zero-order valence-corrected chi connectivity index (χ0v) is 19.7. The number of pyridine rings is 1. The smallest absolute Gasteiger partial charge is 0.250 e. The highest BCUT2D eigenvalue weighted by molar-refractivity contribution is 7.91. The molecule has 3 heterocycles. The lowest BCUT2D eigenvalue weighted by molar-refractivity contribution is 0.0806. The van der Waals surface area contributed by atoms with Crippen molar-refractivity contribution in [1.82, 2.24) is 14.6 Å². The Morgan fingerprint density at radius 1 is 1.15 bits per heavy atom. The zero-order chi connectivity index (χ0) is 23.4. The third-order valence-corrected chi connectivity index (χ3v) is 8.65. The Balaban J connectivity index is 1.27. The highest BCUT2D eigenvalue weighted by Crippen LogP contribution is 2.29. The number of hydrogen-bond acceptors (Lipinski definition) is 6. The molecule has 0 spiro atoms.